The van der Waals surface area contributed by atoms with Crippen LogP contribution in [0.1, 0.15) is 17.9 Å². The summed E-state index contributed by atoms with van der Waals surface area (Å²) in [7, 11) is 0. The Balaban J connectivity index is 1.70. The lowest BCUT2D eigenvalue weighted by Crippen LogP contribution is -2.42. The fraction of sp³-hybridized carbons (Fsp3) is 0.562. The second kappa shape index (κ2) is 5.93. The summed E-state index contributed by atoms with van der Waals surface area (Å²) in [6.45, 7) is 1.16. The van der Waals surface area contributed by atoms with E-state index in [1.54, 1.807) is 4.90 Å². The number of hydrogen-bond donors (Lipinski definition) is 2. The topological polar surface area (TPSA) is 58.4 Å². The van der Waals surface area contributed by atoms with Crippen LogP contribution in [0.2, 0.25) is 0 Å². The highest BCUT2D eigenvalue weighted by Gasteiger charge is 2.45. The smallest absolute Gasteiger partial charge is 0.262 e. The van der Waals surface area contributed by atoms with E-state index in [-0.39, 0.29) is 17.7 Å². The van der Waals surface area contributed by atoms with E-state index in [0.717, 1.165) is 5.56 Å². The lowest BCUT2D eigenvalue weighted by Gasteiger charge is -2.20. The van der Waals surface area contributed by atoms with Crippen molar-refractivity contribution in [3.8, 4) is 0 Å². The van der Waals surface area contributed by atoms with Gasteiger partial charge in [-0.3, -0.25) is 10.1 Å². The van der Waals surface area contributed by atoms with Gasteiger partial charge in [0, 0.05) is 25.4 Å². The average Bonchev–Trinajstić information content (AvgIpc) is 3.10. The van der Waals surface area contributed by atoms with E-state index in [1.165, 1.54) is 0 Å². The van der Waals surface area contributed by atoms with Crippen molar-refractivity contribution in [2.75, 3.05) is 26.2 Å². The lowest BCUT2D eigenvalue weighted by atomic mass is 9.89. The van der Waals surface area contributed by atoms with E-state index >= 15 is 0 Å². The predicted octanol–water partition coefficient (Wildman–Crippen LogP) is 1.18. The molecule has 2 fully saturated rings. The molecule has 1 amide bonds. The molecule has 0 spiro atoms. The Bertz CT molecular complexity index is 537. The van der Waals surface area contributed by atoms with Gasteiger partial charge in [0.05, 0.1) is 12.6 Å². The Morgan fingerprint density at radius 2 is 2.05 bits per heavy atom. The van der Waals surface area contributed by atoms with Crippen molar-refractivity contribution in [2.45, 2.75) is 24.3 Å². The standard InChI is InChI=1S/C16H21F2N3O/c17-16(18)6-14(20-10-16)15(22)21-8-12(7-19)13(9-21)11-4-2-1-3-5-11/h1-5,12-14,20H,6-10,19H2/t12-,13+,14?/m1/s1. The van der Waals surface area contributed by atoms with Crippen LogP contribution in [0.4, 0.5) is 8.78 Å². The molecule has 120 valence electrons. The summed E-state index contributed by atoms with van der Waals surface area (Å²) in [6.07, 6.45) is -0.411. The number of alkyl halides is 2. The minimum absolute atomic E-state index is 0.174. The first-order chi connectivity index (χ1) is 10.5. The molecule has 0 aliphatic carbocycles. The number of carbonyl (C=O) groups excluding carboxylic acids is 1. The zero-order valence-electron chi connectivity index (χ0n) is 12.3. The second-order valence-electron chi connectivity index (χ2n) is 6.25. The molecule has 2 heterocycles. The number of benzene rings is 1. The van der Waals surface area contributed by atoms with Gasteiger partial charge in [-0.15, -0.1) is 0 Å². The third-order valence-corrected chi connectivity index (χ3v) is 4.69. The maximum absolute atomic E-state index is 13.3. The first-order valence-corrected chi connectivity index (χ1v) is 7.65. The Kier molecular flexibility index (Phi) is 4.14. The number of nitrogens with two attached hydrogens (primary N) is 1. The molecular formula is C16H21F2N3O. The van der Waals surface area contributed by atoms with Crippen LogP contribution < -0.4 is 11.1 Å². The molecule has 1 aromatic carbocycles. The Morgan fingerprint density at radius 1 is 1.32 bits per heavy atom. The highest BCUT2D eigenvalue weighted by atomic mass is 19.3. The van der Waals surface area contributed by atoms with Crippen molar-refractivity contribution in [1.29, 1.82) is 0 Å². The van der Waals surface area contributed by atoms with E-state index in [1.807, 2.05) is 30.3 Å². The Hall–Kier alpha value is -1.53. The van der Waals surface area contributed by atoms with Gasteiger partial charge in [-0.25, -0.2) is 8.78 Å². The molecule has 0 saturated carbocycles. The van der Waals surface area contributed by atoms with E-state index in [9.17, 15) is 13.6 Å². The molecule has 2 aliphatic heterocycles. The SMILES string of the molecule is NC[C@@H]1CN(C(=O)C2CC(F)(F)CN2)C[C@H]1c1ccccc1. The molecule has 1 unspecified atom stereocenters. The summed E-state index contributed by atoms with van der Waals surface area (Å²) in [5.74, 6) is -2.66. The van der Waals surface area contributed by atoms with Gasteiger partial charge in [0.15, 0.2) is 0 Å². The quantitative estimate of drug-likeness (QED) is 0.882. The molecule has 2 aliphatic rings. The fourth-order valence-electron chi connectivity index (χ4n) is 3.48. The number of hydrogen-bond acceptors (Lipinski definition) is 3. The molecular weight excluding hydrogens is 288 g/mol. The van der Waals surface area contributed by atoms with Gasteiger partial charge in [-0.1, -0.05) is 30.3 Å². The zero-order chi connectivity index (χ0) is 15.7. The molecule has 3 N–H and O–H groups in total. The van der Waals surface area contributed by atoms with Gasteiger partial charge in [0.1, 0.15) is 0 Å². The maximum Gasteiger partial charge on any atom is 0.262 e. The van der Waals surface area contributed by atoms with Gasteiger partial charge in [0.25, 0.3) is 5.92 Å². The van der Waals surface area contributed by atoms with Crippen molar-refractivity contribution in [3.63, 3.8) is 0 Å². The molecule has 2 saturated heterocycles. The van der Waals surface area contributed by atoms with E-state index in [4.69, 9.17) is 5.73 Å². The van der Waals surface area contributed by atoms with Crippen molar-refractivity contribution in [1.82, 2.24) is 10.2 Å². The van der Waals surface area contributed by atoms with Crippen LogP contribution in [0.25, 0.3) is 0 Å². The number of nitrogens with one attached hydrogen (secondary N) is 1. The molecule has 4 nitrogen and oxygen atoms in total. The van der Waals surface area contributed by atoms with Gasteiger partial charge < -0.3 is 10.6 Å². The summed E-state index contributed by atoms with van der Waals surface area (Å²) >= 11 is 0. The minimum atomic E-state index is -2.79. The van der Waals surface area contributed by atoms with Crippen LogP contribution in [-0.2, 0) is 4.79 Å². The summed E-state index contributed by atoms with van der Waals surface area (Å²) in [6, 6.07) is 9.16. The summed E-state index contributed by atoms with van der Waals surface area (Å²) in [5.41, 5.74) is 7.00. The number of amides is 1. The van der Waals surface area contributed by atoms with E-state index < -0.39 is 24.9 Å². The normalized spacial score (nSPS) is 30.7. The molecule has 0 aromatic heterocycles. The van der Waals surface area contributed by atoms with Crippen LogP contribution in [0, 0.1) is 5.92 Å². The minimum Gasteiger partial charge on any atom is -0.340 e. The Labute approximate surface area is 128 Å². The molecule has 3 rings (SSSR count). The number of nitrogens with zero attached hydrogens (tertiary/aromatic N) is 1. The third-order valence-electron chi connectivity index (χ3n) is 4.69. The highest BCUT2D eigenvalue weighted by molar-refractivity contribution is 5.82. The van der Waals surface area contributed by atoms with Crippen LogP contribution in [0.3, 0.4) is 0 Å². The average molecular weight is 309 g/mol. The van der Waals surface area contributed by atoms with Crippen molar-refractivity contribution in [3.05, 3.63) is 35.9 Å². The summed E-state index contributed by atoms with van der Waals surface area (Å²) < 4.78 is 26.5. The number of likely N-dealkylation sites (tertiary alicyclic amines) is 1. The molecule has 6 heteroatoms. The summed E-state index contributed by atoms with van der Waals surface area (Å²) in [5, 5.41) is 2.64. The first kappa shape index (κ1) is 15.4. The second-order valence-corrected chi connectivity index (χ2v) is 6.25. The zero-order valence-corrected chi connectivity index (χ0v) is 12.3. The third kappa shape index (κ3) is 2.98. The predicted molar refractivity (Wildman–Crippen MR) is 79.7 cm³/mol. The van der Waals surface area contributed by atoms with E-state index in [0.29, 0.717) is 19.6 Å². The molecule has 3 atom stereocenters. The van der Waals surface area contributed by atoms with Crippen LogP contribution in [0.15, 0.2) is 30.3 Å². The fourth-order valence-corrected chi connectivity index (χ4v) is 3.48. The molecule has 0 radical (unpaired) electrons. The number of halogens is 2. The molecule has 1 aromatic rings. The number of carbonyl (C=O) groups is 1. The number of rotatable bonds is 3. The van der Waals surface area contributed by atoms with Crippen molar-refractivity contribution < 1.29 is 13.6 Å². The van der Waals surface area contributed by atoms with Gasteiger partial charge >= 0.3 is 0 Å². The first-order valence-electron chi connectivity index (χ1n) is 7.65. The van der Waals surface area contributed by atoms with Crippen molar-refractivity contribution >= 4 is 5.91 Å². The maximum atomic E-state index is 13.3. The van der Waals surface area contributed by atoms with Gasteiger partial charge in [-0.05, 0) is 18.0 Å². The highest BCUT2D eigenvalue weighted by Crippen LogP contribution is 2.34. The van der Waals surface area contributed by atoms with Gasteiger partial charge in [-0.2, -0.15) is 0 Å². The molecule has 22 heavy (non-hydrogen) atoms. The van der Waals surface area contributed by atoms with Gasteiger partial charge in [0.2, 0.25) is 5.91 Å². The molecule has 0 bridgehead atoms. The monoisotopic (exact) mass is 309 g/mol. The van der Waals surface area contributed by atoms with E-state index in [2.05, 4.69) is 5.32 Å². The van der Waals surface area contributed by atoms with Crippen LogP contribution in [-0.4, -0.2) is 49.0 Å². The lowest BCUT2D eigenvalue weighted by molar-refractivity contribution is -0.132. The Morgan fingerprint density at radius 3 is 2.64 bits per heavy atom. The van der Waals surface area contributed by atoms with Crippen molar-refractivity contribution in [2.24, 2.45) is 11.7 Å². The van der Waals surface area contributed by atoms with Crippen LogP contribution >= 0.6 is 0 Å². The summed E-state index contributed by atoms with van der Waals surface area (Å²) in [4.78, 5) is 14.2. The largest absolute Gasteiger partial charge is 0.340 e. The van der Waals surface area contributed by atoms with Crippen LogP contribution in [0.5, 0.6) is 0 Å².